The Bertz CT molecular complexity index is 834. The van der Waals surface area contributed by atoms with Crippen LogP contribution in [0.1, 0.15) is 164 Å². The summed E-state index contributed by atoms with van der Waals surface area (Å²) in [5.41, 5.74) is 5.65. The number of rotatable bonds is 22. The van der Waals surface area contributed by atoms with E-state index in [0.717, 1.165) is 18.4 Å². The lowest BCUT2D eigenvalue weighted by Crippen LogP contribution is -2.19. The number of ether oxygens (including phenoxy) is 1. The van der Waals surface area contributed by atoms with Gasteiger partial charge in [-0.1, -0.05) is 158 Å². The Balaban J connectivity index is 2.08. The summed E-state index contributed by atoms with van der Waals surface area (Å²) in [5, 5.41) is 0. The first-order chi connectivity index (χ1) is 19.3. The fourth-order valence-corrected chi connectivity index (χ4v) is 5.68. The van der Waals surface area contributed by atoms with Crippen molar-refractivity contribution in [1.82, 2.24) is 0 Å². The summed E-state index contributed by atoms with van der Waals surface area (Å²) in [7, 11) is 0. The van der Waals surface area contributed by atoms with Crippen molar-refractivity contribution in [3.63, 3.8) is 0 Å². The van der Waals surface area contributed by atoms with Gasteiger partial charge in [-0.15, -0.1) is 0 Å². The van der Waals surface area contributed by atoms with E-state index in [2.05, 4.69) is 71.9 Å². The maximum absolute atomic E-state index is 12.0. The van der Waals surface area contributed by atoms with Crippen LogP contribution in [0.4, 0.5) is 0 Å². The average molecular weight is 553 g/mol. The zero-order valence-corrected chi connectivity index (χ0v) is 27.4. The summed E-state index contributed by atoms with van der Waals surface area (Å²) in [6.07, 6.45) is 37.2. The molecular formula is C38H64O2. The van der Waals surface area contributed by atoms with Crippen LogP contribution >= 0.6 is 0 Å². The Morgan fingerprint density at radius 3 is 1.90 bits per heavy atom. The van der Waals surface area contributed by atoms with Gasteiger partial charge in [0.05, 0.1) is 0 Å². The molecule has 2 nitrogen and oxygen atoms in total. The Labute approximate surface area is 249 Å². The minimum Gasteiger partial charge on any atom is -0.461 e. The molecule has 0 aliphatic heterocycles. The van der Waals surface area contributed by atoms with Crippen molar-refractivity contribution in [2.24, 2.45) is 5.41 Å². The van der Waals surface area contributed by atoms with E-state index in [1.807, 2.05) is 6.08 Å². The molecule has 0 aromatic rings. The Morgan fingerprint density at radius 1 is 0.800 bits per heavy atom. The van der Waals surface area contributed by atoms with E-state index in [9.17, 15) is 4.79 Å². The minimum absolute atomic E-state index is 0.0705. The highest BCUT2D eigenvalue weighted by Crippen LogP contribution is 2.40. The molecule has 1 aliphatic rings. The minimum atomic E-state index is -0.0705. The Hall–Kier alpha value is -1.83. The summed E-state index contributed by atoms with van der Waals surface area (Å²) in [5.74, 6) is -0.0705. The van der Waals surface area contributed by atoms with Gasteiger partial charge in [-0.2, -0.15) is 0 Å². The van der Waals surface area contributed by atoms with E-state index in [1.54, 1.807) is 0 Å². The van der Waals surface area contributed by atoms with Gasteiger partial charge < -0.3 is 4.74 Å². The third-order valence-electron chi connectivity index (χ3n) is 8.41. The molecule has 0 atom stereocenters. The van der Waals surface area contributed by atoms with E-state index < -0.39 is 0 Å². The standard InChI is InChI=1S/C38H64O2/c1-7-8-9-10-11-12-13-14-15-16-17-18-19-20-21-27-37(39)40-32-30-34(3)25-22-24-33(2)28-29-36-35(4)26-23-31-38(36,5)6/h22,24-25,28-30H,7-21,23,26-27,31-32H2,1-6H3/b25-22-,29-28?,33-24?,34-30?. The summed E-state index contributed by atoms with van der Waals surface area (Å²) in [4.78, 5) is 12.0. The second-order valence-electron chi connectivity index (χ2n) is 12.9. The monoisotopic (exact) mass is 552 g/mol. The molecule has 1 rings (SSSR count). The first-order valence-corrected chi connectivity index (χ1v) is 16.8. The normalized spacial score (nSPS) is 16.4. The van der Waals surface area contributed by atoms with E-state index in [-0.39, 0.29) is 11.4 Å². The van der Waals surface area contributed by atoms with Gasteiger partial charge in [0, 0.05) is 6.42 Å². The highest BCUT2D eigenvalue weighted by molar-refractivity contribution is 5.69. The number of allylic oxidation sites excluding steroid dienone is 9. The van der Waals surface area contributed by atoms with Crippen LogP contribution in [0, 0.1) is 5.41 Å². The predicted molar refractivity (Wildman–Crippen MR) is 177 cm³/mol. The van der Waals surface area contributed by atoms with E-state index in [4.69, 9.17) is 4.74 Å². The largest absolute Gasteiger partial charge is 0.461 e. The molecule has 0 aromatic heterocycles. The van der Waals surface area contributed by atoms with Gasteiger partial charge in [-0.3, -0.25) is 4.79 Å². The zero-order valence-electron chi connectivity index (χ0n) is 27.4. The van der Waals surface area contributed by atoms with Crippen molar-refractivity contribution in [1.29, 1.82) is 0 Å². The molecule has 0 heterocycles. The molecule has 0 saturated heterocycles. The first kappa shape index (κ1) is 36.2. The molecular weight excluding hydrogens is 488 g/mol. The second-order valence-corrected chi connectivity index (χ2v) is 12.9. The predicted octanol–water partition coefficient (Wildman–Crippen LogP) is 12.3. The highest BCUT2D eigenvalue weighted by Gasteiger charge is 2.26. The first-order valence-electron chi connectivity index (χ1n) is 16.8. The lowest BCUT2D eigenvalue weighted by atomic mass is 9.72. The number of hydrogen-bond donors (Lipinski definition) is 0. The fourth-order valence-electron chi connectivity index (χ4n) is 5.68. The molecule has 0 unspecified atom stereocenters. The van der Waals surface area contributed by atoms with Crippen LogP contribution in [-0.4, -0.2) is 12.6 Å². The molecule has 0 N–H and O–H groups in total. The average Bonchev–Trinajstić information content (AvgIpc) is 2.90. The van der Waals surface area contributed by atoms with Crippen molar-refractivity contribution >= 4 is 5.97 Å². The molecule has 0 radical (unpaired) electrons. The van der Waals surface area contributed by atoms with Crippen LogP contribution in [0.2, 0.25) is 0 Å². The lowest BCUT2D eigenvalue weighted by molar-refractivity contribution is -0.142. The van der Waals surface area contributed by atoms with Gasteiger partial charge in [-0.05, 0) is 63.5 Å². The molecule has 2 heteroatoms. The SMILES string of the molecule is CCCCCCCCCCCCCCCCCC(=O)OCC=C(C)/C=C\C=C(C)C=CC1=C(C)CCCC1(C)C. The summed E-state index contributed by atoms with van der Waals surface area (Å²) >= 11 is 0. The van der Waals surface area contributed by atoms with Crippen LogP contribution < -0.4 is 0 Å². The van der Waals surface area contributed by atoms with E-state index >= 15 is 0 Å². The van der Waals surface area contributed by atoms with Crippen LogP contribution in [0.3, 0.4) is 0 Å². The number of hydrogen-bond acceptors (Lipinski definition) is 2. The third kappa shape index (κ3) is 18.5. The van der Waals surface area contributed by atoms with Crippen molar-refractivity contribution in [3.05, 3.63) is 58.7 Å². The van der Waals surface area contributed by atoms with Gasteiger partial charge in [0.2, 0.25) is 0 Å². The van der Waals surface area contributed by atoms with Crippen molar-refractivity contribution < 1.29 is 9.53 Å². The third-order valence-corrected chi connectivity index (χ3v) is 8.41. The van der Waals surface area contributed by atoms with Crippen LogP contribution in [-0.2, 0) is 9.53 Å². The zero-order chi connectivity index (χ0) is 29.5. The maximum atomic E-state index is 12.0. The molecule has 0 amide bonds. The molecule has 0 fully saturated rings. The molecule has 0 saturated carbocycles. The molecule has 228 valence electrons. The molecule has 0 bridgehead atoms. The maximum Gasteiger partial charge on any atom is 0.306 e. The van der Waals surface area contributed by atoms with E-state index in [1.165, 1.54) is 119 Å². The smallest absolute Gasteiger partial charge is 0.306 e. The van der Waals surface area contributed by atoms with Gasteiger partial charge in [-0.25, -0.2) is 0 Å². The topological polar surface area (TPSA) is 26.3 Å². The molecule has 1 aliphatic carbocycles. The molecule has 40 heavy (non-hydrogen) atoms. The van der Waals surface area contributed by atoms with Gasteiger partial charge >= 0.3 is 5.97 Å². The van der Waals surface area contributed by atoms with Gasteiger partial charge in [0.1, 0.15) is 6.61 Å². The lowest BCUT2D eigenvalue weighted by Gasteiger charge is -2.32. The second kappa shape index (κ2) is 22.8. The number of carbonyl (C=O) groups excluding carboxylic acids is 1. The summed E-state index contributed by atoms with van der Waals surface area (Å²) in [6.45, 7) is 13.8. The number of carbonyl (C=O) groups is 1. The van der Waals surface area contributed by atoms with Crippen molar-refractivity contribution in [2.45, 2.75) is 164 Å². The Kier molecular flexibility index (Phi) is 20.6. The van der Waals surface area contributed by atoms with Crippen LogP contribution in [0.5, 0.6) is 0 Å². The quantitative estimate of drug-likeness (QED) is 0.0758. The van der Waals surface area contributed by atoms with E-state index in [0.29, 0.717) is 13.0 Å². The molecule has 0 aromatic carbocycles. The van der Waals surface area contributed by atoms with Gasteiger partial charge in [0.25, 0.3) is 0 Å². The van der Waals surface area contributed by atoms with Crippen LogP contribution in [0.25, 0.3) is 0 Å². The number of unbranched alkanes of at least 4 members (excludes halogenated alkanes) is 14. The highest BCUT2D eigenvalue weighted by atomic mass is 16.5. The Morgan fingerprint density at radius 2 is 1.35 bits per heavy atom. The summed E-state index contributed by atoms with van der Waals surface area (Å²) < 4.78 is 5.41. The van der Waals surface area contributed by atoms with Crippen molar-refractivity contribution in [2.75, 3.05) is 6.61 Å². The van der Waals surface area contributed by atoms with Gasteiger partial charge in [0.15, 0.2) is 0 Å². The summed E-state index contributed by atoms with van der Waals surface area (Å²) in [6, 6.07) is 0. The number of esters is 1. The van der Waals surface area contributed by atoms with Crippen molar-refractivity contribution in [3.8, 4) is 0 Å². The molecule has 0 spiro atoms. The fraction of sp³-hybridized carbons (Fsp3) is 0.711. The van der Waals surface area contributed by atoms with Crippen LogP contribution in [0.15, 0.2) is 58.7 Å².